The zero-order chi connectivity index (χ0) is 13.8. The van der Waals surface area contributed by atoms with Crippen molar-refractivity contribution in [3.63, 3.8) is 0 Å². The van der Waals surface area contributed by atoms with Gasteiger partial charge in [-0.2, -0.15) is 0 Å². The summed E-state index contributed by atoms with van der Waals surface area (Å²) in [5.74, 6) is 2.85. The quantitative estimate of drug-likeness (QED) is 0.862. The maximum absolute atomic E-state index is 9.20. The van der Waals surface area contributed by atoms with E-state index in [1.807, 2.05) is 6.92 Å². The summed E-state index contributed by atoms with van der Waals surface area (Å²) >= 11 is 0. The van der Waals surface area contributed by atoms with Crippen LogP contribution in [0, 0.1) is 12.8 Å². The first-order valence-electron chi connectivity index (χ1n) is 7.14. The monoisotopic (exact) mass is 264 g/mol. The summed E-state index contributed by atoms with van der Waals surface area (Å²) in [5.41, 5.74) is 6.97. The maximum Gasteiger partial charge on any atom is 0.137 e. The molecule has 2 rings (SSSR count). The number of piperidine rings is 1. The lowest BCUT2D eigenvalue weighted by Gasteiger charge is -2.33. The molecule has 0 spiro atoms. The molecule has 5 heteroatoms. The molecule has 0 aromatic carbocycles. The van der Waals surface area contributed by atoms with Gasteiger partial charge in [0.15, 0.2) is 0 Å². The smallest absolute Gasteiger partial charge is 0.137 e. The molecule has 5 nitrogen and oxygen atoms in total. The molecule has 3 N–H and O–H groups in total. The lowest BCUT2D eigenvalue weighted by Crippen LogP contribution is -2.36. The first kappa shape index (κ1) is 14.1. The fourth-order valence-corrected chi connectivity index (χ4v) is 2.54. The summed E-state index contributed by atoms with van der Waals surface area (Å²) in [4.78, 5) is 11.3. The van der Waals surface area contributed by atoms with E-state index in [0.717, 1.165) is 56.0 Å². The number of anilines is 2. The second-order valence-electron chi connectivity index (χ2n) is 5.34. The van der Waals surface area contributed by atoms with Gasteiger partial charge in [0.05, 0.1) is 0 Å². The molecule has 1 saturated heterocycles. The van der Waals surface area contributed by atoms with Gasteiger partial charge in [-0.05, 0) is 32.1 Å². The van der Waals surface area contributed by atoms with Gasteiger partial charge in [0, 0.05) is 31.7 Å². The molecule has 0 aliphatic carbocycles. The van der Waals surface area contributed by atoms with Crippen LogP contribution in [0.1, 0.15) is 37.6 Å². The van der Waals surface area contributed by atoms with Crippen LogP contribution in [-0.2, 0) is 6.42 Å². The summed E-state index contributed by atoms with van der Waals surface area (Å²) in [6, 6.07) is 0. The number of aryl methyl sites for hydroxylation is 1. The van der Waals surface area contributed by atoms with E-state index in [1.165, 1.54) is 0 Å². The Morgan fingerprint density at radius 2 is 2.00 bits per heavy atom. The third-order valence-corrected chi connectivity index (χ3v) is 3.85. The molecule has 0 radical (unpaired) electrons. The highest BCUT2D eigenvalue weighted by Crippen LogP contribution is 2.26. The number of hydrogen-bond donors (Lipinski definition) is 2. The van der Waals surface area contributed by atoms with Crippen molar-refractivity contribution in [1.29, 1.82) is 0 Å². The van der Waals surface area contributed by atoms with Crippen LogP contribution >= 0.6 is 0 Å². The summed E-state index contributed by atoms with van der Waals surface area (Å²) in [6.45, 7) is 6.27. The molecule has 0 amide bonds. The molecule has 0 unspecified atom stereocenters. The Morgan fingerprint density at radius 1 is 1.32 bits per heavy atom. The van der Waals surface area contributed by atoms with Crippen molar-refractivity contribution in [3.05, 3.63) is 11.4 Å². The Labute approximate surface area is 114 Å². The number of nitrogens with zero attached hydrogens (tertiary/aromatic N) is 3. The second-order valence-corrected chi connectivity index (χ2v) is 5.34. The number of rotatable bonds is 4. The second kappa shape index (κ2) is 6.19. The van der Waals surface area contributed by atoms with Crippen molar-refractivity contribution >= 4 is 11.6 Å². The predicted octanol–water partition coefficient (Wildman–Crippen LogP) is 1.53. The van der Waals surface area contributed by atoms with Crippen molar-refractivity contribution in [3.8, 4) is 0 Å². The Morgan fingerprint density at radius 3 is 2.58 bits per heavy atom. The normalized spacial score (nSPS) is 16.9. The average Bonchev–Trinajstić information content (AvgIpc) is 2.43. The molecule has 1 aromatic rings. The van der Waals surface area contributed by atoms with E-state index in [9.17, 15) is 5.11 Å². The van der Waals surface area contributed by atoms with Gasteiger partial charge in [-0.1, -0.05) is 6.92 Å². The maximum atomic E-state index is 9.20. The Hall–Kier alpha value is -1.36. The van der Waals surface area contributed by atoms with Crippen LogP contribution in [0.15, 0.2) is 0 Å². The summed E-state index contributed by atoms with van der Waals surface area (Å²) in [5, 5.41) is 9.20. The van der Waals surface area contributed by atoms with Crippen LogP contribution in [0.2, 0.25) is 0 Å². The number of aromatic nitrogens is 2. The van der Waals surface area contributed by atoms with Crippen molar-refractivity contribution in [2.45, 2.75) is 39.5 Å². The molecule has 19 heavy (non-hydrogen) atoms. The Bertz CT molecular complexity index is 428. The van der Waals surface area contributed by atoms with Gasteiger partial charge in [0.1, 0.15) is 17.5 Å². The van der Waals surface area contributed by atoms with Gasteiger partial charge >= 0.3 is 0 Å². The van der Waals surface area contributed by atoms with Crippen LogP contribution in [0.4, 0.5) is 11.6 Å². The van der Waals surface area contributed by atoms with Gasteiger partial charge in [-0.3, -0.25) is 0 Å². The molecule has 1 aliphatic heterocycles. The minimum Gasteiger partial charge on any atom is -0.396 e. The minimum atomic E-state index is 0.291. The molecule has 1 fully saturated rings. The first-order valence-corrected chi connectivity index (χ1v) is 7.14. The van der Waals surface area contributed by atoms with Crippen molar-refractivity contribution < 1.29 is 5.11 Å². The van der Waals surface area contributed by atoms with Crippen LogP contribution in [0.25, 0.3) is 0 Å². The van der Waals surface area contributed by atoms with Crippen molar-refractivity contribution in [2.75, 3.05) is 30.3 Å². The van der Waals surface area contributed by atoms with E-state index >= 15 is 0 Å². The summed E-state index contributed by atoms with van der Waals surface area (Å²) < 4.78 is 0. The lowest BCUT2D eigenvalue weighted by atomic mass is 9.98. The third-order valence-electron chi connectivity index (χ3n) is 3.85. The van der Waals surface area contributed by atoms with Gasteiger partial charge in [-0.15, -0.1) is 0 Å². The van der Waals surface area contributed by atoms with E-state index in [1.54, 1.807) is 0 Å². The highest BCUT2D eigenvalue weighted by molar-refractivity contribution is 5.56. The molecule has 106 valence electrons. The van der Waals surface area contributed by atoms with Gasteiger partial charge in [-0.25, -0.2) is 9.97 Å². The highest BCUT2D eigenvalue weighted by atomic mass is 16.3. The van der Waals surface area contributed by atoms with Crippen molar-refractivity contribution in [2.24, 2.45) is 5.92 Å². The Balaban J connectivity index is 2.19. The third kappa shape index (κ3) is 3.15. The molecule has 2 heterocycles. The topological polar surface area (TPSA) is 75.3 Å². The van der Waals surface area contributed by atoms with E-state index in [2.05, 4.69) is 21.8 Å². The lowest BCUT2D eigenvalue weighted by molar-refractivity contribution is 0.202. The summed E-state index contributed by atoms with van der Waals surface area (Å²) in [7, 11) is 0. The number of hydrogen-bond acceptors (Lipinski definition) is 5. The molecular weight excluding hydrogens is 240 g/mol. The Kier molecular flexibility index (Phi) is 4.58. The van der Waals surface area contributed by atoms with E-state index < -0.39 is 0 Å². The number of aliphatic hydroxyl groups is 1. The fourth-order valence-electron chi connectivity index (χ4n) is 2.54. The number of nitrogens with two attached hydrogens (primary N) is 1. The van der Waals surface area contributed by atoms with E-state index in [0.29, 0.717) is 18.3 Å². The van der Waals surface area contributed by atoms with Crippen LogP contribution in [0.5, 0.6) is 0 Å². The van der Waals surface area contributed by atoms with Gasteiger partial charge in [0.2, 0.25) is 0 Å². The van der Waals surface area contributed by atoms with Gasteiger partial charge in [0.25, 0.3) is 0 Å². The van der Waals surface area contributed by atoms with Crippen molar-refractivity contribution in [1.82, 2.24) is 9.97 Å². The largest absolute Gasteiger partial charge is 0.396 e. The number of nitrogen functional groups attached to an aromatic ring is 1. The van der Waals surface area contributed by atoms with Crippen LogP contribution in [-0.4, -0.2) is 34.8 Å². The summed E-state index contributed by atoms with van der Waals surface area (Å²) in [6.07, 6.45) is 3.92. The number of aliphatic hydroxyl groups excluding tert-OH is 1. The van der Waals surface area contributed by atoms with Crippen LogP contribution in [0.3, 0.4) is 0 Å². The average molecular weight is 264 g/mol. The van der Waals surface area contributed by atoms with E-state index in [4.69, 9.17) is 5.73 Å². The van der Waals surface area contributed by atoms with Gasteiger partial charge < -0.3 is 15.7 Å². The SMILES string of the molecule is CCCc1nc(N)c(C)c(N2CCC(CO)CC2)n1. The zero-order valence-electron chi connectivity index (χ0n) is 11.9. The molecule has 1 aliphatic rings. The standard InChI is InChI=1S/C14H24N4O/c1-3-4-12-16-13(15)10(2)14(17-12)18-7-5-11(9-19)6-8-18/h11,19H,3-9H2,1-2H3,(H2,15,16,17). The highest BCUT2D eigenvalue weighted by Gasteiger charge is 2.22. The minimum absolute atomic E-state index is 0.291. The first-order chi connectivity index (χ1) is 9.15. The molecule has 0 bridgehead atoms. The predicted molar refractivity (Wildman–Crippen MR) is 77.2 cm³/mol. The zero-order valence-corrected chi connectivity index (χ0v) is 11.9. The fraction of sp³-hybridized carbons (Fsp3) is 0.714. The van der Waals surface area contributed by atoms with Crippen LogP contribution < -0.4 is 10.6 Å². The van der Waals surface area contributed by atoms with E-state index in [-0.39, 0.29) is 0 Å². The molecular formula is C14H24N4O. The molecule has 0 atom stereocenters. The molecule has 0 saturated carbocycles. The molecule has 1 aromatic heterocycles.